The van der Waals surface area contributed by atoms with Gasteiger partial charge in [-0.25, -0.2) is 4.79 Å². The monoisotopic (exact) mass is 394 g/mol. The fourth-order valence-corrected chi connectivity index (χ4v) is 3.44. The van der Waals surface area contributed by atoms with Crippen LogP contribution in [0.1, 0.15) is 41.8 Å². The van der Waals surface area contributed by atoms with Crippen molar-refractivity contribution in [1.29, 1.82) is 0 Å². The molecule has 1 saturated heterocycles. The summed E-state index contributed by atoms with van der Waals surface area (Å²) in [5.74, 6) is -1.08. The molecule has 6 nitrogen and oxygen atoms in total. The first kappa shape index (κ1) is 20.6. The van der Waals surface area contributed by atoms with Crippen molar-refractivity contribution in [3.63, 3.8) is 0 Å². The van der Waals surface area contributed by atoms with E-state index in [0.717, 1.165) is 16.8 Å². The molecule has 29 heavy (non-hydrogen) atoms. The van der Waals surface area contributed by atoms with Gasteiger partial charge in [-0.05, 0) is 63.6 Å². The molecular weight excluding hydrogens is 368 g/mol. The Labute approximate surface area is 170 Å². The molecule has 1 atom stereocenters. The van der Waals surface area contributed by atoms with E-state index in [1.165, 1.54) is 0 Å². The summed E-state index contributed by atoms with van der Waals surface area (Å²) in [6.45, 7) is 7.91. The second-order valence-corrected chi connectivity index (χ2v) is 7.72. The third kappa shape index (κ3) is 4.83. The molecule has 1 fully saturated rings. The maximum Gasteiger partial charge on any atom is 0.338 e. The Kier molecular flexibility index (Phi) is 6.01. The van der Waals surface area contributed by atoms with Crippen LogP contribution in [0.4, 0.5) is 11.4 Å². The highest BCUT2D eigenvalue weighted by molar-refractivity contribution is 6.04. The largest absolute Gasteiger partial charge is 0.459 e. The first-order valence-corrected chi connectivity index (χ1v) is 9.74. The van der Waals surface area contributed by atoms with Crippen LogP contribution in [-0.2, 0) is 14.3 Å². The van der Waals surface area contributed by atoms with Crippen molar-refractivity contribution < 1.29 is 19.1 Å². The minimum absolute atomic E-state index is 0.0520. The molecule has 2 amide bonds. The molecule has 3 rings (SSSR count). The van der Waals surface area contributed by atoms with Gasteiger partial charge in [0.1, 0.15) is 0 Å². The third-order valence-corrected chi connectivity index (χ3v) is 4.87. The van der Waals surface area contributed by atoms with Crippen LogP contribution >= 0.6 is 0 Å². The van der Waals surface area contributed by atoms with Crippen molar-refractivity contribution >= 4 is 29.2 Å². The normalized spacial score (nSPS) is 16.2. The van der Waals surface area contributed by atoms with Crippen molar-refractivity contribution in [1.82, 2.24) is 0 Å². The van der Waals surface area contributed by atoms with E-state index in [4.69, 9.17) is 4.74 Å². The Hall–Kier alpha value is -3.15. The van der Waals surface area contributed by atoms with E-state index in [-0.39, 0.29) is 24.3 Å². The maximum atomic E-state index is 12.7. The van der Waals surface area contributed by atoms with Gasteiger partial charge in [-0.15, -0.1) is 0 Å². The molecule has 152 valence electrons. The zero-order chi connectivity index (χ0) is 21.1. The molecule has 1 heterocycles. The fourth-order valence-electron chi connectivity index (χ4n) is 3.44. The molecule has 6 heteroatoms. The molecule has 1 aliphatic rings. The molecule has 1 N–H and O–H groups in total. The number of nitrogens with one attached hydrogen (secondary N) is 1. The predicted molar refractivity (Wildman–Crippen MR) is 112 cm³/mol. The Morgan fingerprint density at radius 3 is 2.41 bits per heavy atom. The van der Waals surface area contributed by atoms with Crippen LogP contribution in [-0.4, -0.2) is 30.4 Å². The van der Waals surface area contributed by atoms with Crippen molar-refractivity contribution in [2.24, 2.45) is 5.92 Å². The number of esters is 1. The lowest BCUT2D eigenvalue weighted by atomic mass is 10.1. The summed E-state index contributed by atoms with van der Waals surface area (Å²) < 4.78 is 5.15. The van der Waals surface area contributed by atoms with E-state index in [1.807, 2.05) is 32.0 Å². The Morgan fingerprint density at radius 1 is 1.10 bits per heavy atom. The van der Waals surface area contributed by atoms with Gasteiger partial charge in [0.25, 0.3) is 0 Å². The Balaban J connectivity index is 1.64. The van der Waals surface area contributed by atoms with Gasteiger partial charge in [0.05, 0.1) is 17.6 Å². The molecule has 0 bridgehead atoms. The number of anilines is 2. The van der Waals surface area contributed by atoms with Gasteiger partial charge in [0.15, 0.2) is 0 Å². The number of aryl methyl sites for hydroxylation is 2. The maximum absolute atomic E-state index is 12.7. The number of nitrogens with zero attached hydrogens (tertiary/aromatic N) is 1. The van der Waals surface area contributed by atoms with Crippen LogP contribution < -0.4 is 10.2 Å². The lowest BCUT2D eigenvalue weighted by molar-refractivity contribution is -0.122. The Morgan fingerprint density at radius 2 is 1.79 bits per heavy atom. The van der Waals surface area contributed by atoms with E-state index in [1.54, 1.807) is 43.0 Å². The third-order valence-electron chi connectivity index (χ3n) is 4.87. The molecule has 0 aromatic heterocycles. The van der Waals surface area contributed by atoms with Gasteiger partial charge >= 0.3 is 5.97 Å². The average Bonchev–Trinajstić information content (AvgIpc) is 3.03. The molecule has 0 saturated carbocycles. The summed E-state index contributed by atoms with van der Waals surface area (Å²) >= 11 is 0. The highest BCUT2D eigenvalue weighted by Gasteiger charge is 2.35. The summed E-state index contributed by atoms with van der Waals surface area (Å²) in [6.07, 6.45) is -0.0142. The van der Waals surface area contributed by atoms with Crippen LogP contribution in [0.2, 0.25) is 0 Å². The second kappa shape index (κ2) is 8.47. The summed E-state index contributed by atoms with van der Waals surface area (Å²) in [4.78, 5) is 38.7. The van der Waals surface area contributed by atoms with E-state index in [2.05, 4.69) is 5.32 Å². The van der Waals surface area contributed by atoms with Gasteiger partial charge in [0, 0.05) is 24.3 Å². The number of amides is 2. The minimum atomic E-state index is -0.422. The van der Waals surface area contributed by atoms with E-state index >= 15 is 0 Å². The molecule has 0 radical (unpaired) electrons. The zero-order valence-electron chi connectivity index (χ0n) is 17.2. The van der Waals surface area contributed by atoms with Gasteiger partial charge in [-0.3, -0.25) is 9.59 Å². The Bertz CT molecular complexity index is 934. The van der Waals surface area contributed by atoms with Crippen molar-refractivity contribution in [2.45, 2.75) is 40.2 Å². The zero-order valence-corrected chi connectivity index (χ0v) is 17.2. The molecule has 0 aliphatic carbocycles. The lowest BCUT2D eigenvalue weighted by Gasteiger charge is -2.19. The molecule has 0 unspecified atom stereocenters. The van der Waals surface area contributed by atoms with E-state index < -0.39 is 11.9 Å². The van der Waals surface area contributed by atoms with Crippen LogP contribution in [0.15, 0.2) is 42.5 Å². The number of benzene rings is 2. The highest BCUT2D eigenvalue weighted by atomic mass is 16.5. The number of hydrogen-bond acceptors (Lipinski definition) is 4. The summed E-state index contributed by atoms with van der Waals surface area (Å²) in [5.41, 5.74) is 4.00. The SMILES string of the molecule is Cc1ccc(N2C[C@@H](C(=O)Nc3ccc(C(=O)OC(C)C)cc3)CC2=O)c(C)c1. The molecule has 0 spiro atoms. The topological polar surface area (TPSA) is 75.7 Å². The quantitative estimate of drug-likeness (QED) is 0.782. The molecule has 2 aromatic carbocycles. The highest BCUT2D eigenvalue weighted by Crippen LogP contribution is 2.29. The van der Waals surface area contributed by atoms with E-state index in [0.29, 0.717) is 17.8 Å². The summed E-state index contributed by atoms with van der Waals surface area (Å²) in [7, 11) is 0. The molecular formula is C23H26N2O4. The smallest absolute Gasteiger partial charge is 0.338 e. The predicted octanol–water partition coefficient (Wildman–Crippen LogP) is 3.86. The first-order chi connectivity index (χ1) is 13.7. The van der Waals surface area contributed by atoms with Crippen molar-refractivity contribution in [3.05, 3.63) is 59.2 Å². The lowest BCUT2D eigenvalue weighted by Crippen LogP contribution is -2.28. The van der Waals surface area contributed by atoms with Crippen LogP contribution in [0.5, 0.6) is 0 Å². The van der Waals surface area contributed by atoms with Crippen LogP contribution in [0, 0.1) is 19.8 Å². The number of hydrogen-bond donors (Lipinski definition) is 1. The van der Waals surface area contributed by atoms with Crippen molar-refractivity contribution in [2.75, 3.05) is 16.8 Å². The average molecular weight is 394 g/mol. The number of ether oxygens (including phenoxy) is 1. The molecule has 1 aliphatic heterocycles. The standard InChI is InChI=1S/C23H26N2O4/c1-14(2)29-23(28)17-6-8-19(9-7-17)24-22(27)18-12-21(26)25(13-18)20-10-5-15(3)11-16(20)4/h5-11,14,18H,12-13H2,1-4H3,(H,24,27)/t18-/m0/s1. The second-order valence-electron chi connectivity index (χ2n) is 7.72. The first-order valence-electron chi connectivity index (χ1n) is 9.74. The van der Waals surface area contributed by atoms with Crippen LogP contribution in [0.3, 0.4) is 0 Å². The van der Waals surface area contributed by atoms with Crippen LogP contribution in [0.25, 0.3) is 0 Å². The van der Waals surface area contributed by atoms with Gasteiger partial charge < -0.3 is 15.0 Å². The number of carbonyl (C=O) groups excluding carboxylic acids is 3. The summed E-state index contributed by atoms with van der Waals surface area (Å²) in [5, 5.41) is 2.84. The van der Waals surface area contributed by atoms with Crippen molar-refractivity contribution in [3.8, 4) is 0 Å². The number of carbonyl (C=O) groups is 3. The van der Waals surface area contributed by atoms with Gasteiger partial charge in [-0.1, -0.05) is 17.7 Å². The summed E-state index contributed by atoms with van der Waals surface area (Å²) in [6, 6.07) is 12.5. The fraction of sp³-hybridized carbons (Fsp3) is 0.348. The van der Waals surface area contributed by atoms with Gasteiger partial charge in [0.2, 0.25) is 11.8 Å². The van der Waals surface area contributed by atoms with Gasteiger partial charge in [-0.2, -0.15) is 0 Å². The number of rotatable bonds is 5. The van der Waals surface area contributed by atoms with E-state index in [9.17, 15) is 14.4 Å². The minimum Gasteiger partial charge on any atom is -0.459 e. The molecule has 2 aromatic rings.